The fraction of sp³-hybridized carbons (Fsp3) is 0.391. The minimum absolute atomic E-state index is 0.0682. The van der Waals surface area contributed by atoms with Gasteiger partial charge in [-0.2, -0.15) is 0 Å². The number of hydrogen-bond acceptors (Lipinski definition) is 3. The molecule has 0 saturated heterocycles. The highest BCUT2D eigenvalue weighted by Crippen LogP contribution is 2.31. The number of aromatic nitrogens is 4. The molecule has 0 fully saturated rings. The van der Waals surface area contributed by atoms with Crippen LogP contribution in [0.3, 0.4) is 0 Å². The van der Waals surface area contributed by atoms with Gasteiger partial charge in [-0.25, -0.2) is 19.5 Å². The maximum Gasteiger partial charge on any atom is 0.212 e. The van der Waals surface area contributed by atoms with Crippen LogP contribution >= 0.6 is 0 Å². The van der Waals surface area contributed by atoms with E-state index in [-0.39, 0.29) is 11.4 Å². The van der Waals surface area contributed by atoms with E-state index in [1.165, 1.54) is 0 Å². The first-order valence-electron chi connectivity index (χ1n) is 13.1. The molecule has 4 nitrogen and oxygen atoms in total. The molecule has 0 amide bonds. The molecule has 3 rings (SSSR count). The van der Waals surface area contributed by atoms with Crippen LogP contribution < -0.4 is 4.57 Å². The van der Waals surface area contributed by atoms with Gasteiger partial charge in [0.25, 0.3) is 0 Å². The van der Waals surface area contributed by atoms with Crippen molar-refractivity contribution in [1.29, 1.82) is 0 Å². The van der Waals surface area contributed by atoms with Gasteiger partial charge in [-0.15, -0.1) is 0 Å². The second-order valence-electron chi connectivity index (χ2n) is 7.68. The maximum absolute atomic E-state index is 8.00. The lowest BCUT2D eigenvalue weighted by molar-refractivity contribution is -0.660. The van der Waals surface area contributed by atoms with Gasteiger partial charge in [0.2, 0.25) is 5.69 Å². The van der Waals surface area contributed by atoms with Crippen molar-refractivity contribution in [3.8, 4) is 22.6 Å². The third kappa shape index (κ3) is 3.90. The Kier molecular flexibility index (Phi) is 2.70. The monoisotopic (exact) mass is 370 g/mol. The fourth-order valence-electron chi connectivity index (χ4n) is 3.08. The summed E-state index contributed by atoms with van der Waals surface area (Å²) >= 11 is 0. The molecule has 0 aliphatic rings. The second kappa shape index (κ2) is 6.84. The average Bonchev–Trinajstić information content (AvgIpc) is 2.71. The van der Waals surface area contributed by atoms with Crippen LogP contribution in [-0.4, -0.2) is 15.0 Å². The van der Waals surface area contributed by atoms with Gasteiger partial charge in [-0.1, -0.05) is 32.9 Å². The highest BCUT2D eigenvalue weighted by atomic mass is 15.0. The molecule has 0 unspecified atom stereocenters. The van der Waals surface area contributed by atoms with Crippen molar-refractivity contribution in [2.45, 2.75) is 53.7 Å². The van der Waals surface area contributed by atoms with Crippen molar-refractivity contribution in [3.05, 3.63) is 58.8 Å². The number of nitrogens with zero attached hydrogens (tertiary/aromatic N) is 4. The summed E-state index contributed by atoms with van der Waals surface area (Å²) in [6.07, 6.45) is 1.61. The van der Waals surface area contributed by atoms with Crippen LogP contribution in [0.25, 0.3) is 22.6 Å². The van der Waals surface area contributed by atoms with Crippen molar-refractivity contribution >= 4 is 0 Å². The minimum atomic E-state index is -2.72. The van der Waals surface area contributed by atoms with Gasteiger partial charge in [0, 0.05) is 35.1 Å². The summed E-state index contributed by atoms with van der Waals surface area (Å²) in [5.41, 5.74) is 3.24. The predicted molar refractivity (Wildman–Crippen MR) is 110 cm³/mol. The summed E-state index contributed by atoms with van der Waals surface area (Å²) in [5.74, 6) is -1.26. The third-order valence-electron chi connectivity index (χ3n) is 4.49. The van der Waals surface area contributed by atoms with E-state index in [0.29, 0.717) is 11.1 Å². The zero-order valence-electron chi connectivity index (χ0n) is 25.2. The quantitative estimate of drug-likeness (QED) is 0.621. The van der Waals surface area contributed by atoms with Crippen molar-refractivity contribution in [2.75, 3.05) is 0 Å². The lowest BCUT2D eigenvalue weighted by Gasteiger charge is -2.21. The number of hydrogen-bond donors (Lipinski definition) is 0. The molecule has 0 spiro atoms. The zero-order valence-corrected chi connectivity index (χ0v) is 16.2. The average molecular weight is 371 g/mol. The first-order chi connectivity index (χ1) is 16.2. The fourth-order valence-corrected chi connectivity index (χ4v) is 3.08. The predicted octanol–water partition coefficient (Wildman–Crippen LogP) is 4.56. The number of benzene rings is 1. The molecule has 0 saturated carbocycles. The van der Waals surface area contributed by atoms with E-state index in [0.717, 1.165) is 16.8 Å². The molecule has 0 N–H and O–H groups in total. The van der Waals surface area contributed by atoms with Gasteiger partial charge in [0.1, 0.15) is 18.7 Å². The van der Waals surface area contributed by atoms with Crippen LogP contribution in [0.5, 0.6) is 0 Å². The summed E-state index contributed by atoms with van der Waals surface area (Å²) in [5, 5.41) is 0. The summed E-state index contributed by atoms with van der Waals surface area (Å²) < 4.78 is 71.8. The van der Waals surface area contributed by atoms with Crippen LogP contribution in [0.4, 0.5) is 0 Å². The Morgan fingerprint density at radius 2 is 1.63 bits per heavy atom. The summed E-state index contributed by atoms with van der Waals surface area (Å²) in [4.78, 5) is 11.8. The summed E-state index contributed by atoms with van der Waals surface area (Å²) in [7, 11) is 1.76. The van der Waals surface area contributed by atoms with Gasteiger partial charge in [0.05, 0.1) is 0 Å². The molecule has 2 aromatic heterocycles. The molecule has 140 valence electrons. The van der Waals surface area contributed by atoms with Crippen LogP contribution in [-0.2, 0) is 12.5 Å². The molecule has 0 bridgehead atoms. The Labute approximate surface area is 175 Å². The number of aryl methyl sites for hydroxylation is 5. The van der Waals surface area contributed by atoms with E-state index in [4.69, 9.17) is 12.3 Å². The molecule has 0 atom stereocenters. The molecule has 1 aromatic carbocycles. The lowest BCUT2D eigenvalue weighted by atomic mass is 9.83. The SMILES string of the molecule is [2H]C([2H])([2H])c1nc(-c2ccc(C)c(-c3cc(C(C)(C)C)c(C([2H])([2H])[2H])c[n+]3C)c2)nc(C([2H])([2H])[2H])n1. The Morgan fingerprint density at radius 3 is 2.22 bits per heavy atom. The van der Waals surface area contributed by atoms with Crippen molar-refractivity contribution < 1.29 is 16.9 Å². The molecule has 3 aromatic rings. The topological polar surface area (TPSA) is 42.5 Å². The first-order valence-corrected chi connectivity index (χ1v) is 8.62. The van der Waals surface area contributed by atoms with Gasteiger partial charge < -0.3 is 0 Å². The molecule has 0 radical (unpaired) electrons. The highest BCUT2D eigenvalue weighted by Gasteiger charge is 2.23. The Balaban J connectivity index is 2.29. The lowest BCUT2D eigenvalue weighted by Crippen LogP contribution is -2.33. The number of pyridine rings is 1. The minimum Gasteiger partial charge on any atom is -0.219 e. The molecular formula is C23H29N4+. The van der Waals surface area contributed by atoms with E-state index in [9.17, 15) is 0 Å². The van der Waals surface area contributed by atoms with E-state index < -0.39 is 37.6 Å². The molecule has 2 heterocycles. The summed E-state index contributed by atoms with van der Waals surface area (Å²) in [6.45, 7) is 0.00184. The smallest absolute Gasteiger partial charge is 0.212 e. The Bertz CT molecular complexity index is 1270. The van der Waals surface area contributed by atoms with Crippen molar-refractivity contribution in [2.24, 2.45) is 7.05 Å². The van der Waals surface area contributed by atoms with E-state index in [1.807, 2.05) is 33.8 Å². The van der Waals surface area contributed by atoms with Crippen LogP contribution in [0.15, 0.2) is 30.5 Å². The van der Waals surface area contributed by atoms with E-state index in [2.05, 4.69) is 15.0 Å². The standard InChI is InChI=1S/C23H29N4/c1-14-9-10-18(22-25-16(3)24-17(4)26-22)11-19(14)21-12-20(23(5,6)7)15(2)13-27(21)8/h9-13H,1-8H3/q+1/i2D3,3D3,4D3. The summed E-state index contributed by atoms with van der Waals surface area (Å²) in [6, 6.07) is 7.08. The molecule has 0 aliphatic heterocycles. The van der Waals surface area contributed by atoms with Gasteiger partial charge in [0.15, 0.2) is 12.0 Å². The molecule has 27 heavy (non-hydrogen) atoms. The van der Waals surface area contributed by atoms with Crippen molar-refractivity contribution in [3.63, 3.8) is 0 Å². The highest BCUT2D eigenvalue weighted by molar-refractivity contribution is 5.70. The van der Waals surface area contributed by atoms with Gasteiger partial charge in [-0.3, -0.25) is 0 Å². The van der Waals surface area contributed by atoms with Crippen LogP contribution in [0.1, 0.15) is 61.4 Å². The van der Waals surface area contributed by atoms with Crippen LogP contribution in [0, 0.1) is 27.5 Å². The van der Waals surface area contributed by atoms with E-state index in [1.54, 1.807) is 36.0 Å². The maximum atomic E-state index is 8.00. The zero-order chi connectivity index (χ0) is 27.4. The van der Waals surface area contributed by atoms with Crippen LogP contribution in [0.2, 0.25) is 0 Å². The normalized spacial score (nSPS) is 18.0. The van der Waals surface area contributed by atoms with Gasteiger partial charge in [-0.05, 0) is 50.1 Å². The first kappa shape index (κ1) is 10.6. The molecule has 0 aliphatic carbocycles. The Hall–Kier alpha value is -2.62. The molecular weight excluding hydrogens is 332 g/mol. The number of rotatable bonds is 2. The second-order valence-corrected chi connectivity index (χ2v) is 7.68. The van der Waals surface area contributed by atoms with E-state index >= 15 is 0 Å². The third-order valence-corrected chi connectivity index (χ3v) is 4.49. The van der Waals surface area contributed by atoms with Crippen molar-refractivity contribution in [1.82, 2.24) is 15.0 Å². The molecule has 4 heteroatoms. The Morgan fingerprint density at radius 1 is 0.926 bits per heavy atom. The van der Waals surface area contributed by atoms with Gasteiger partial charge >= 0.3 is 0 Å². The largest absolute Gasteiger partial charge is 0.219 e.